The summed E-state index contributed by atoms with van der Waals surface area (Å²) >= 11 is 0. The van der Waals surface area contributed by atoms with Crippen molar-refractivity contribution in [2.45, 2.75) is 60.3 Å². The molecule has 1 aromatic rings. The fraction of sp³-hybridized carbons (Fsp3) is 0.600. The molecule has 0 fully saturated rings. The number of hydrogen-bond acceptors (Lipinski definition) is 1. The van der Waals surface area contributed by atoms with E-state index in [1.54, 1.807) is 0 Å². The number of rotatable bonds is 6. The van der Waals surface area contributed by atoms with Crippen LogP contribution in [-0.2, 0) is 6.42 Å². The van der Waals surface area contributed by atoms with E-state index in [1.165, 1.54) is 11.1 Å². The highest BCUT2D eigenvalue weighted by Gasteiger charge is 2.11. The molecule has 1 atom stereocenters. The molecule has 0 spiro atoms. The molecule has 0 saturated carbocycles. The maximum atomic E-state index is 5.96. The van der Waals surface area contributed by atoms with E-state index in [0.717, 1.165) is 25.2 Å². The third kappa shape index (κ3) is 6.25. The molecule has 0 aliphatic rings. The highest BCUT2D eigenvalue weighted by Crippen LogP contribution is 2.28. The topological polar surface area (TPSA) is 9.23 Å². The standard InChI is InChI=1S/C20H30O/c1-7-8-9-17(6)12-18-10-11-20(21-14-15(2)3)19(13-18)16(4)5/h10-11,13,15-17H,7,12,14H2,1-6H3. The van der Waals surface area contributed by atoms with E-state index in [-0.39, 0.29) is 0 Å². The van der Waals surface area contributed by atoms with E-state index in [0.29, 0.717) is 17.8 Å². The highest BCUT2D eigenvalue weighted by atomic mass is 16.5. The van der Waals surface area contributed by atoms with Crippen LogP contribution in [0.15, 0.2) is 18.2 Å². The first-order valence-corrected chi connectivity index (χ1v) is 8.18. The Labute approximate surface area is 131 Å². The lowest BCUT2D eigenvalue weighted by atomic mass is 9.95. The quantitative estimate of drug-likeness (QED) is 0.633. The molecule has 0 saturated heterocycles. The number of ether oxygens (including phenoxy) is 1. The van der Waals surface area contributed by atoms with Gasteiger partial charge in [0.15, 0.2) is 0 Å². The first-order chi connectivity index (χ1) is 9.93. The molecular formula is C20H30O. The maximum absolute atomic E-state index is 5.96. The second kappa shape index (κ2) is 8.78. The Bertz CT molecular complexity index is 488. The van der Waals surface area contributed by atoms with Gasteiger partial charge < -0.3 is 4.74 Å². The van der Waals surface area contributed by atoms with Crippen LogP contribution in [-0.4, -0.2) is 6.61 Å². The summed E-state index contributed by atoms with van der Waals surface area (Å²) in [5.41, 5.74) is 2.66. The van der Waals surface area contributed by atoms with Gasteiger partial charge in [-0.25, -0.2) is 0 Å². The first-order valence-electron chi connectivity index (χ1n) is 8.18. The summed E-state index contributed by atoms with van der Waals surface area (Å²) in [7, 11) is 0. The molecule has 0 aliphatic carbocycles. The summed E-state index contributed by atoms with van der Waals surface area (Å²) in [5, 5.41) is 0. The number of benzene rings is 1. The van der Waals surface area contributed by atoms with Crippen LogP contribution < -0.4 is 4.74 Å². The first kappa shape index (κ1) is 17.6. The molecule has 0 amide bonds. The SMILES string of the molecule is CCC#CC(C)Cc1ccc(OCC(C)C)c(C(C)C)c1. The zero-order chi connectivity index (χ0) is 15.8. The second-order valence-electron chi connectivity index (χ2n) is 6.51. The lowest BCUT2D eigenvalue weighted by molar-refractivity contribution is 0.267. The molecule has 0 aromatic heterocycles. The molecule has 1 rings (SSSR count). The van der Waals surface area contributed by atoms with Gasteiger partial charge in [-0.1, -0.05) is 59.6 Å². The largest absolute Gasteiger partial charge is 0.493 e. The predicted octanol–water partition coefficient (Wildman–Crippen LogP) is 5.44. The number of hydrogen-bond donors (Lipinski definition) is 0. The van der Waals surface area contributed by atoms with Crippen LogP contribution in [0.3, 0.4) is 0 Å². The van der Waals surface area contributed by atoms with E-state index in [1.807, 2.05) is 0 Å². The normalized spacial score (nSPS) is 12.2. The van der Waals surface area contributed by atoms with Crippen LogP contribution in [0.1, 0.15) is 65.0 Å². The molecule has 1 unspecified atom stereocenters. The predicted molar refractivity (Wildman–Crippen MR) is 91.8 cm³/mol. The van der Waals surface area contributed by atoms with Gasteiger partial charge in [0.05, 0.1) is 6.61 Å². The summed E-state index contributed by atoms with van der Waals surface area (Å²) in [6.45, 7) is 13.9. The van der Waals surface area contributed by atoms with Gasteiger partial charge >= 0.3 is 0 Å². The molecule has 0 bridgehead atoms. The van der Waals surface area contributed by atoms with Crippen LogP contribution in [0.4, 0.5) is 0 Å². The molecule has 1 heteroatoms. The van der Waals surface area contributed by atoms with Crippen LogP contribution in [0.2, 0.25) is 0 Å². The van der Waals surface area contributed by atoms with E-state index >= 15 is 0 Å². The van der Waals surface area contributed by atoms with Crippen molar-refractivity contribution in [1.29, 1.82) is 0 Å². The summed E-state index contributed by atoms with van der Waals surface area (Å²) in [5.74, 6) is 8.95. The van der Waals surface area contributed by atoms with Crippen LogP contribution in [0.25, 0.3) is 0 Å². The van der Waals surface area contributed by atoms with Gasteiger partial charge in [0.25, 0.3) is 0 Å². The molecular weight excluding hydrogens is 256 g/mol. The van der Waals surface area contributed by atoms with Crippen LogP contribution in [0, 0.1) is 23.7 Å². The van der Waals surface area contributed by atoms with Crippen molar-refractivity contribution in [1.82, 2.24) is 0 Å². The molecule has 1 nitrogen and oxygen atoms in total. The summed E-state index contributed by atoms with van der Waals surface area (Å²) in [4.78, 5) is 0. The van der Waals surface area contributed by atoms with Crippen molar-refractivity contribution >= 4 is 0 Å². The average Bonchev–Trinajstić information content (AvgIpc) is 2.43. The molecule has 0 heterocycles. The van der Waals surface area contributed by atoms with Crippen LogP contribution in [0.5, 0.6) is 5.75 Å². The summed E-state index contributed by atoms with van der Waals surface area (Å²) in [6.07, 6.45) is 1.95. The lowest BCUT2D eigenvalue weighted by Crippen LogP contribution is -2.07. The zero-order valence-corrected chi connectivity index (χ0v) is 14.5. The minimum atomic E-state index is 0.410. The minimum absolute atomic E-state index is 0.410. The Hall–Kier alpha value is -1.42. The van der Waals surface area contributed by atoms with E-state index in [2.05, 4.69) is 71.6 Å². The monoisotopic (exact) mass is 286 g/mol. The molecule has 1 aromatic carbocycles. The molecule has 0 radical (unpaired) electrons. The van der Waals surface area contributed by atoms with Crippen molar-refractivity contribution in [2.24, 2.45) is 11.8 Å². The van der Waals surface area contributed by atoms with Crippen molar-refractivity contribution in [3.05, 3.63) is 29.3 Å². The van der Waals surface area contributed by atoms with E-state index in [9.17, 15) is 0 Å². The third-order valence-electron chi connectivity index (χ3n) is 3.34. The van der Waals surface area contributed by atoms with Gasteiger partial charge in [0.2, 0.25) is 0 Å². The molecule has 21 heavy (non-hydrogen) atoms. The van der Waals surface area contributed by atoms with Gasteiger partial charge in [0.1, 0.15) is 5.75 Å². The Balaban J connectivity index is 2.87. The molecule has 0 aliphatic heterocycles. The fourth-order valence-corrected chi connectivity index (χ4v) is 2.24. The van der Waals surface area contributed by atoms with Crippen molar-refractivity contribution in [2.75, 3.05) is 6.61 Å². The third-order valence-corrected chi connectivity index (χ3v) is 3.34. The van der Waals surface area contributed by atoms with Crippen molar-refractivity contribution in [3.63, 3.8) is 0 Å². The lowest BCUT2D eigenvalue weighted by Gasteiger charge is -2.17. The Kier molecular flexibility index (Phi) is 7.37. The average molecular weight is 286 g/mol. The van der Waals surface area contributed by atoms with Gasteiger partial charge in [0, 0.05) is 12.3 Å². The smallest absolute Gasteiger partial charge is 0.122 e. The summed E-state index contributed by atoms with van der Waals surface area (Å²) < 4.78 is 5.96. The van der Waals surface area contributed by atoms with Gasteiger partial charge in [-0.2, -0.15) is 0 Å². The van der Waals surface area contributed by atoms with Gasteiger partial charge in [-0.15, -0.1) is 5.92 Å². The zero-order valence-electron chi connectivity index (χ0n) is 14.5. The summed E-state index contributed by atoms with van der Waals surface area (Å²) in [6, 6.07) is 6.61. The Morgan fingerprint density at radius 3 is 2.38 bits per heavy atom. The Morgan fingerprint density at radius 1 is 1.10 bits per heavy atom. The maximum Gasteiger partial charge on any atom is 0.122 e. The highest BCUT2D eigenvalue weighted by molar-refractivity contribution is 5.39. The van der Waals surface area contributed by atoms with Crippen molar-refractivity contribution < 1.29 is 4.74 Å². The van der Waals surface area contributed by atoms with E-state index < -0.39 is 0 Å². The second-order valence-corrected chi connectivity index (χ2v) is 6.51. The fourth-order valence-electron chi connectivity index (χ4n) is 2.24. The van der Waals surface area contributed by atoms with Gasteiger partial charge in [-0.3, -0.25) is 0 Å². The van der Waals surface area contributed by atoms with Gasteiger partial charge in [-0.05, 0) is 35.4 Å². The van der Waals surface area contributed by atoms with E-state index in [4.69, 9.17) is 4.74 Å². The minimum Gasteiger partial charge on any atom is -0.493 e. The Morgan fingerprint density at radius 2 is 1.81 bits per heavy atom. The molecule has 116 valence electrons. The van der Waals surface area contributed by atoms with Crippen LogP contribution >= 0.6 is 0 Å². The van der Waals surface area contributed by atoms with Crippen molar-refractivity contribution in [3.8, 4) is 17.6 Å². The molecule has 0 N–H and O–H groups in total.